The summed E-state index contributed by atoms with van der Waals surface area (Å²) in [6.07, 6.45) is 6.86. The van der Waals surface area contributed by atoms with Gasteiger partial charge in [0.05, 0.1) is 26.0 Å². The maximum absolute atomic E-state index is 14.9. The van der Waals surface area contributed by atoms with Crippen LogP contribution in [0.3, 0.4) is 0 Å². The summed E-state index contributed by atoms with van der Waals surface area (Å²) in [5.41, 5.74) is 25.1. The Morgan fingerprint density at radius 1 is 0.480 bits per heavy atom. The lowest BCUT2D eigenvalue weighted by molar-refractivity contribution is -0.138. The molecule has 4 aromatic rings. The Balaban J connectivity index is 1.55. The third-order valence-electron chi connectivity index (χ3n) is 16.8. The standard InChI is InChI=1S/C68H105N19O15/c1-6-40(4)58(87-55(89)32-72)68(102)75-35-56(90)79-47(22-12-15-25-69)61(95)84-52(30-43-33-74-46-21-11-10-20-45(43)46)65(99)82-50(28-39(2)3)64(98)85-53(31-44-34-73-38-77-44)66(100)86-54(37-88)67(101)78-41(5)59(93)80-48(23-13-16-26-70)62(96)81-49(24-14-17-27-71)63(97)83-51(60(94)76-36-57(91)92)29-42-18-8-7-9-19-42/h7-11,18-21,33-34,38-41,47-54,58,74,88H,6,12-17,22-32,35-37,69-72H2,1-5H3,(H,73,77)(H,75,102)(H,76,94)(H,78,101)(H,79,90)(H,80,93)(H,81,96)(H,82,99)(H,83,97)(H,84,95)(H,85,98)(H,86,100)(H,87,89)(H,91,92)/t40-,41-,47-,48-,49-,50-,51-,52-,53-,54-,58-/m0/s1. The number of unbranched alkanes of at least 4 members (excludes halogenated alkanes) is 3. The molecule has 34 nitrogen and oxygen atoms in total. The average molecular weight is 1430 g/mol. The lowest BCUT2D eigenvalue weighted by atomic mass is 9.98. The normalized spacial score (nSPS) is 14.4. The number of carboxylic acids is 1. The monoisotopic (exact) mass is 1430 g/mol. The van der Waals surface area contributed by atoms with Crippen molar-refractivity contribution in [3.05, 3.63) is 90.1 Å². The molecule has 0 fully saturated rings. The summed E-state index contributed by atoms with van der Waals surface area (Å²) in [7, 11) is 0. The molecular weight excluding hydrogens is 1320 g/mol. The van der Waals surface area contributed by atoms with Crippen molar-refractivity contribution < 1.29 is 72.5 Å². The summed E-state index contributed by atoms with van der Waals surface area (Å²) in [4.78, 5) is 188. The highest BCUT2D eigenvalue weighted by molar-refractivity contribution is 6.00. The Hall–Kier alpha value is -9.90. The van der Waals surface area contributed by atoms with Crippen LogP contribution >= 0.6 is 0 Å². The molecular formula is C68H105N19O15. The Morgan fingerprint density at radius 3 is 1.49 bits per heavy atom. The molecule has 34 heteroatoms. The predicted molar refractivity (Wildman–Crippen MR) is 377 cm³/mol. The molecule has 102 heavy (non-hydrogen) atoms. The van der Waals surface area contributed by atoms with Crippen LogP contribution in [0.5, 0.6) is 0 Å². The zero-order chi connectivity index (χ0) is 75.3. The number of aliphatic hydroxyl groups is 1. The van der Waals surface area contributed by atoms with Gasteiger partial charge < -0.3 is 107 Å². The number of hydrogen-bond acceptors (Lipinski definition) is 19. The van der Waals surface area contributed by atoms with Crippen molar-refractivity contribution in [1.29, 1.82) is 0 Å². The van der Waals surface area contributed by atoms with Gasteiger partial charge in [-0.3, -0.25) is 62.3 Å². The molecule has 562 valence electrons. The molecule has 0 aliphatic rings. The van der Waals surface area contributed by atoms with Crippen molar-refractivity contribution in [2.24, 2.45) is 34.8 Å². The van der Waals surface area contributed by atoms with Gasteiger partial charge in [0.1, 0.15) is 67.0 Å². The van der Waals surface area contributed by atoms with E-state index in [2.05, 4.69) is 78.8 Å². The number of carbonyl (C=O) groups is 13. The van der Waals surface area contributed by atoms with Gasteiger partial charge in [-0.15, -0.1) is 0 Å². The third-order valence-corrected chi connectivity index (χ3v) is 16.8. The number of hydrogen-bond donors (Lipinski definition) is 20. The van der Waals surface area contributed by atoms with Crippen molar-refractivity contribution in [1.82, 2.24) is 78.8 Å². The summed E-state index contributed by atoms with van der Waals surface area (Å²) in [6.45, 7) is 6.42. The van der Waals surface area contributed by atoms with Crippen LogP contribution in [0.2, 0.25) is 0 Å². The number of para-hydroxylation sites is 1. The molecule has 0 spiro atoms. The number of amides is 12. The van der Waals surface area contributed by atoms with Crippen LogP contribution in [-0.4, -0.2) is 208 Å². The zero-order valence-corrected chi connectivity index (χ0v) is 58.7. The number of aliphatic hydroxyl groups excluding tert-OH is 1. The number of rotatable bonds is 48. The number of benzene rings is 2. The fourth-order valence-corrected chi connectivity index (χ4v) is 10.8. The molecule has 2 aromatic heterocycles. The van der Waals surface area contributed by atoms with Gasteiger partial charge in [-0.25, -0.2) is 4.98 Å². The maximum Gasteiger partial charge on any atom is 0.322 e. The first-order valence-corrected chi connectivity index (χ1v) is 34.5. The molecule has 12 amide bonds. The molecule has 24 N–H and O–H groups in total. The molecule has 0 radical (unpaired) electrons. The first-order valence-electron chi connectivity index (χ1n) is 34.5. The number of nitrogens with two attached hydrogens (primary N) is 4. The number of nitrogens with one attached hydrogen (secondary N) is 14. The lowest BCUT2D eigenvalue weighted by Gasteiger charge is -2.28. The third kappa shape index (κ3) is 29.4. The Kier molecular flexibility index (Phi) is 37.3. The Labute approximate surface area is 592 Å². The smallest absolute Gasteiger partial charge is 0.322 e. The topological polar surface area (TPSA) is 555 Å². The Bertz CT molecular complexity index is 3370. The predicted octanol–water partition coefficient (Wildman–Crippen LogP) is -3.47. The average Bonchev–Trinajstić information content (AvgIpc) is 1.64. The number of imidazole rings is 1. The van der Waals surface area contributed by atoms with E-state index in [0.29, 0.717) is 72.7 Å². The van der Waals surface area contributed by atoms with Crippen LogP contribution in [0.4, 0.5) is 0 Å². The van der Waals surface area contributed by atoms with E-state index in [4.69, 9.17) is 22.9 Å². The minimum absolute atomic E-state index is 0.00668. The van der Waals surface area contributed by atoms with Gasteiger partial charge in [0.2, 0.25) is 70.9 Å². The molecule has 2 aromatic carbocycles. The minimum atomic E-state index is -1.76. The van der Waals surface area contributed by atoms with E-state index in [1.54, 1.807) is 69.4 Å². The molecule has 0 aliphatic carbocycles. The van der Waals surface area contributed by atoms with Gasteiger partial charge in [-0.1, -0.05) is 82.6 Å². The van der Waals surface area contributed by atoms with Gasteiger partial charge in [0.15, 0.2) is 0 Å². The molecule has 0 bridgehead atoms. The number of carboxylic acid groups (broad SMARTS) is 1. The van der Waals surface area contributed by atoms with Crippen LogP contribution in [0.15, 0.2) is 73.3 Å². The van der Waals surface area contributed by atoms with E-state index in [1.165, 1.54) is 19.4 Å². The summed E-state index contributed by atoms with van der Waals surface area (Å²) in [5.74, 6) is -11.8. The van der Waals surface area contributed by atoms with E-state index >= 15 is 0 Å². The minimum Gasteiger partial charge on any atom is -0.480 e. The zero-order valence-electron chi connectivity index (χ0n) is 58.7. The fraction of sp³-hybridized carbons (Fsp3) is 0.559. The second kappa shape index (κ2) is 45.1. The van der Waals surface area contributed by atoms with Crippen LogP contribution in [0.1, 0.15) is 122 Å². The number of aromatic nitrogens is 3. The number of fused-ring (bicyclic) bond motifs is 1. The summed E-state index contributed by atoms with van der Waals surface area (Å²) < 4.78 is 0. The quantitative estimate of drug-likeness (QED) is 0.0191. The summed E-state index contributed by atoms with van der Waals surface area (Å²) in [6, 6.07) is 2.10. The largest absolute Gasteiger partial charge is 0.480 e. The van der Waals surface area contributed by atoms with Gasteiger partial charge in [0.25, 0.3) is 0 Å². The van der Waals surface area contributed by atoms with Crippen LogP contribution in [0, 0.1) is 11.8 Å². The van der Waals surface area contributed by atoms with E-state index in [1.807, 2.05) is 19.1 Å². The number of aliphatic carboxylic acids is 1. The highest BCUT2D eigenvalue weighted by atomic mass is 16.4. The van der Waals surface area contributed by atoms with Crippen molar-refractivity contribution in [3.63, 3.8) is 0 Å². The van der Waals surface area contributed by atoms with Crippen LogP contribution in [0.25, 0.3) is 10.9 Å². The SMILES string of the molecule is CC[C@H](C)[C@H](NC(=O)CN)C(=O)NCC(=O)N[C@@H](CCCCN)C(=O)N[C@@H](Cc1c[nH]c2ccccc12)C(=O)N[C@@H](CC(C)C)C(=O)N[C@@H](Cc1cnc[nH]1)C(=O)N[C@@H](CO)C(=O)N[C@@H](C)C(=O)N[C@@H](CCCCN)C(=O)N[C@@H](CCCCN)C(=O)N[C@@H](Cc1ccccc1)C(=O)NCC(=O)O. The summed E-state index contributed by atoms with van der Waals surface area (Å²) >= 11 is 0. The highest BCUT2D eigenvalue weighted by Gasteiger charge is 2.36. The van der Waals surface area contributed by atoms with Gasteiger partial charge in [-0.2, -0.15) is 0 Å². The number of carbonyl (C=O) groups excluding carboxylic acids is 12. The molecule has 11 atom stereocenters. The first kappa shape index (κ1) is 84.5. The van der Waals surface area contributed by atoms with Crippen molar-refractivity contribution in [2.45, 2.75) is 185 Å². The number of nitrogens with zero attached hydrogens (tertiary/aromatic N) is 1. The van der Waals surface area contributed by atoms with Crippen LogP contribution < -0.4 is 86.7 Å². The molecule has 0 saturated heterocycles. The first-order chi connectivity index (χ1) is 48.7. The van der Waals surface area contributed by atoms with E-state index in [-0.39, 0.29) is 83.0 Å². The second-order valence-corrected chi connectivity index (χ2v) is 25.4. The summed E-state index contributed by atoms with van der Waals surface area (Å²) in [5, 5.41) is 51.6. The van der Waals surface area contributed by atoms with E-state index in [9.17, 15) is 72.5 Å². The van der Waals surface area contributed by atoms with Gasteiger partial charge in [0, 0.05) is 48.3 Å². The fourth-order valence-electron chi connectivity index (χ4n) is 10.8. The van der Waals surface area contributed by atoms with Crippen LogP contribution in [-0.2, 0) is 81.6 Å². The number of aromatic amines is 2. The number of H-pyrrole nitrogens is 2. The lowest BCUT2D eigenvalue weighted by Crippen LogP contribution is -2.61. The van der Waals surface area contributed by atoms with Crippen molar-refractivity contribution in [3.8, 4) is 0 Å². The van der Waals surface area contributed by atoms with Gasteiger partial charge >= 0.3 is 5.97 Å². The van der Waals surface area contributed by atoms with E-state index < -0.39 is 157 Å². The maximum atomic E-state index is 14.9. The van der Waals surface area contributed by atoms with Crippen molar-refractivity contribution in [2.75, 3.05) is 45.9 Å². The van der Waals surface area contributed by atoms with Crippen molar-refractivity contribution >= 4 is 87.8 Å². The Morgan fingerprint density at radius 2 is 0.961 bits per heavy atom. The molecule has 0 aliphatic heterocycles. The van der Waals surface area contributed by atoms with E-state index in [0.717, 1.165) is 0 Å². The second-order valence-electron chi connectivity index (χ2n) is 25.4. The molecule has 0 saturated carbocycles. The van der Waals surface area contributed by atoms with Gasteiger partial charge in [-0.05, 0) is 120 Å². The molecule has 2 heterocycles. The molecule has 0 unspecified atom stereocenters. The highest BCUT2D eigenvalue weighted by Crippen LogP contribution is 2.21. The molecule has 4 rings (SSSR count).